The lowest BCUT2D eigenvalue weighted by atomic mass is 9.93. The van der Waals surface area contributed by atoms with Gasteiger partial charge in [-0.25, -0.2) is 4.79 Å². The number of carbonyl (C=O) groups excluding carboxylic acids is 2. The smallest absolute Gasteiger partial charge is 0.344 e. The molecular weight excluding hydrogens is 252 g/mol. The molecule has 0 spiro atoms. The molecule has 0 aromatic carbocycles. The normalized spacial score (nSPS) is 28.2. The third kappa shape index (κ3) is 3.44. The number of carboxylic acid groups (broad SMARTS) is 1. The van der Waals surface area contributed by atoms with Gasteiger partial charge in [0.05, 0.1) is 6.42 Å². The van der Waals surface area contributed by atoms with Crippen molar-refractivity contribution in [3.8, 4) is 0 Å². The maximum absolute atomic E-state index is 12.0. The lowest BCUT2D eigenvalue weighted by Gasteiger charge is -2.41. The van der Waals surface area contributed by atoms with Gasteiger partial charge in [-0.2, -0.15) is 0 Å². The molecule has 0 aromatic heterocycles. The van der Waals surface area contributed by atoms with Crippen molar-refractivity contribution in [2.75, 3.05) is 7.05 Å². The summed E-state index contributed by atoms with van der Waals surface area (Å²) in [7, 11) is 1.44. The van der Waals surface area contributed by atoms with Crippen LogP contribution in [0, 0.1) is 0 Å². The molecule has 2 atom stereocenters. The van der Waals surface area contributed by atoms with E-state index in [2.05, 4.69) is 5.32 Å². The minimum atomic E-state index is -1.47. The van der Waals surface area contributed by atoms with Crippen LogP contribution in [-0.2, 0) is 19.1 Å². The van der Waals surface area contributed by atoms with Gasteiger partial charge in [0.1, 0.15) is 11.1 Å². The van der Waals surface area contributed by atoms with Crippen LogP contribution in [0.5, 0.6) is 0 Å². The molecular formula is C12H20N2O5. The van der Waals surface area contributed by atoms with Crippen LogP contribution in [0.3, 0.4) is 0 Å². The van der Waals surface area contributed by atoms with Crippen molar-refractivity contribution >= 4 is 17.8 Å². The minimum Gasteiger partial charge on any atom is -0.480 e. The first kappa shape index (κ1) is 15.4. The number of likely N-dealkylation sites (N-methyl/N-ethyl adjacent to an activating group) is 1. The zero-order chi connectivity index (χ0) is 15.0. The number of ether oxygens (including phenoxy) is 1. The van der Waals surface area contributed by atoms with E-state index in [0.717, 1.165) is 0 Å². The third-order valence-corrected chi connectivity index (χ3v) is 2.84. The van der Waals surface area contributed by atoms with E-state index in [1.807, 2.05) is 0 Å². The van der Waals surface area contributed by atoms with Gasteiger partial charge in [-0.05, 0) is 27.7 Å². The second-order valence-corrected chi connectivity index (χ2v) is 5.90. The van der Waals surface area contributed by atoms with Gasteiger partial charge < -0.3 is 14.7 Å². The van der Waals surface area contributed by atoms with Crippen molar-refractivity contribution in [3.05, 3.63) is 0 Å². The van der Waals surface area contributed by atoms with Crippen molar-refractivity contribution in [2.24, 2.45) is 0 Å². The molecule has 0 bridgehead atoms. The average molecular weight is 272 g/mol. The van der Waals surface area contributed by atoms with Gasteiger partial charge in [-0.3, -0.25) is 14.9 Å². The van der Waals surface area contributed by atoms with Crippen molar-refractivity contribution in [1.82, 2.24) is 10.2 Å². The van der Waals surface area contributed by atoms with E-state index in [4.69, 9.17) is 9.84 Å². The van der Waals surface area contributed by atoms with Crippen LogP contribution in [0.15, 0.2) is 0 Å². The molecule has 0 saturated carbocycles. The molecule has 0 aliphatic carbocycles. The fourth-order valence-electron chi connectivity index (χ4n) is 1.73. The van der Waals surface area contributed by atoms with E-state index in [0.29, 0.717) is 0 Å². The predicted octanol–water partition coefficient (Wildman–Crippen LogP) is -0.0508. The van der Waals surface area contributed by atoms with Crippen LogP contribution < -0.4 is 5.32 Å². The molecule has 1 rings (SSSR count). The highest BCUT2D eigenvalue weighted by Crippen LogP contribution is 2.21. The summed E-state index contributed by atoms with van der Waals surface area (Å²) in [5.41, 5.74) is -2.18. The molecule has 108 valence electrons. The zero-order valence-corrected chi connectivity index (χ0v) is 11.8. The van der Waals surface area contributed by atoms with Gasteiger partial charge in [-0.1, -0.05) is 0 Å². The number of hydrogen-bond acceptors (Lipinski definition) is 5. The lowest BCUT2D eigenvalue weighted by Crippen LogP contribution is -2.68. The minimum absolute atomic E-state index is 0.210. The van der Waals surface area contributed by atoms with Crippen molar-refractivity contribution < 1.29 is 24.2 Å². The molecule has 0 radical (unpaired) electrons. The Hall–Kier alpha value is -1.63. The Bertz CT molecular complexity index is 415. The van der Waals surface area contributed by atoms with Gasteiger partial charge in [-0.15, -0.1) is 0 Å². The Morgan fingerprint density at radius 3 is 2.42 bits per heavy atom. The maximum atomic E-state index is 12.0. The van der Waals surface area contributed by atoms with E-state index in [9.17, 15) is 14.4 Å². The van der Waals surface area contributed by atoms with Crippen LogP contribution >= 0.6 is 0 Å². The molecule has 1 fully saturated rings. The molecule has 2 N–H and O–H groups in total. The number of amides is 1. The highest BCUT2D eigenvalue weighted by atomic mass is 16.6. The lowest BCUT2D eigenvalue weighted by molar-refractivity contribution is -0.172. The molecule has 1 saturated heterocycles. The second kappa shape index (κ2) is 4.80. The first-order valence-corrected chi connectivity index (χ1v) is 5.96. The fraction of sp³-hybridized carbons (Fsp3) is 0.750. The SMILES string of the molecule is CN1C(=O)CC(C)(C(=O)O)N[C@@H]1C(=O)OC(C)(C)C. The van der Waals surface area contributed by atoms with E-state index in [1.54, 1.807) is 20.8 Å². The number of aliphatic carboxylic acids is 1. The molecule has 1 aliphatic rings. The van der Waals surface area contributed by atoms with Crippen LogP contribution in [0.1, 0.15) is 34.1 Å². The number of hydrogen-bond donors (Lipinski definition) is 2. The summed E-state index contributed by atoms with van der Waals surface area (Å²) in [6.07, 6.45) is -1.31. The number of esters is 1. The summed E-state index contributed by atoms with van der Waals surface area (Å²) in [6.45, 7) is 6.47. The molecule has 1 unspecified atom stereocenters. The molecule has 1 amide bonds. The fourth-order valence-corrected chi connectivity index (χ4v) is 1.73. The van der Waals surface area contributed by atoms with Crippen LogP contribution in [-0.4, -0.2) is 52.2 Å². The van der Waals surface area contributed by atoms with Crippen molar-refractivity contribution in [2.45, 2.75) is 51.4 Å². The molecule has 1 heterocycles. The number of nitrogens with zero attached hydrogens (tertiary/aromatic N) is 1. The molecule has 19 heavy (non-hydrogen) atoms. The first-order valence-electron chi connectivity index (χ1n) is 5.96. The standard InChI is InChI=1S/C12H20N2O5/c1-11(2,3)19-9(16)8-13-12(4,10(17)18)6-7(15)14(8)5/h8,13H,6H2,1-5H3,(H,17,18)/t8-,12?/m0/s1. The summed E-state index contributed by atoms with van der Waals surface area (Å²) in [6, 6.07) is 0. The van der Waals surface area contributed by atoms with Gasteiger partial charge in [0.2, 0.25) is 5.91 Å². The van der Waals surface area contributed by atoms with Gasteiger partial charge in [0.25, 0.3) is 0 Å². The predicted molar refractivity (Wildman–Crippen MR) is 66.2 cm³/mol. The summed E-state index contributed by atoms with van der Waals surface area (Å²) >= 11 is 0. The highest BCUT2D eigenvalue weighted by Gasteiger charge is 2.47. The number of nitrogens with one attached hydrogen (secondary N) is 1. The second-order valence-electron chi connectivity index (χ2n) is 5.90. The zero-order valence-electron chi connectivity index (χ0n) is 11.8. The largest absolute Gasteiger partial charge is 0.480 e. The maximum Gasteiger partial charge on any atom is 0.344 e. The summed E-state index contributed by atoms with van der Waals surface area (Å²) < 4.78 is 5.18. The van der Waals surface area contributed by atoms with E-state index in [1.165, 1.54) is 18.9 Å². The Morgan fingerprint density at radius 2 is 2.00 bits per heavy atom. The number of carboxylic acids is 1. The average Bonchev–Trinajstić information content (AvgIpc) is 2.20. The van der Waals surface area contributed by atoms with Crippen LogP contribution in [0.4, 0.5) is 0 Å². The summed E-state index contributed by atoms with van der Waals surface area (Å²) in [5, 5.41) is 11.8. The number of rotatable bonds is 2. The topological polar surface area (TPSA) is 95.9 Å². The molecule has 1 aliphatic heterocycles. The summed E-state index contributed by atoms with van der Waals surface area (Å²) in [4.78, 5) is 36.2. The molecule has 7 heteroatoms. The van der Waals surface area contributed by atoms with Crippen molar-refractivity contribution in [3.63, 3.8) is 0 Å². The molecule has 0 aromatic rings. The van der Waals surface area contributed by atoms with Gasteiger partial charge >= 0.3 is 11.9 Å². The van der Waals surface area contributed by atoms with Crippen LogP contribution in [0.25, 0.3) is 0 Å². The van der Waals surface area contributed by atoms with E-state index in [-0.39, 0.29) is 6.42 Å². The van der Waals surface area contributed by atoms with Crippen LogP contribution in [0.2, 0.25) is 0 Å². The Morgan fingerprint density at radius 1 is 1.47 bits per heavy atom. The Balaban J connectivity index is 2.95. The quantitative estimate of drug-likeness (QED) is 0.684. The van der Waals surface area contributed by atoms with Crippen molar-refractivity contribution in [1.29, 1.82) is 0 Å². The van der Waals surface area contributed by atoms with Gasteiger partial charge in [0, 0.05) is 7.05 Å². The molecule has 7 nitrogen and oxygen atoms in total. The first-order chi connectivity index (χ1) is 8.46. The Labute approximate surface area is 111 Å². The monoisotopic (exact) mass is 272 g/mol. The third-order valence-electron chi connectivity index (χ3n) is 2.84. The highest BCUT2D eigenvalue weighted by molar-refractivity contribution is 5.93. The summed E-state index contributed by atoms with van der Waals surface area (Å²) in [5.74, 6) is -2.27. The number of carbonyl (C=O) groups is 3. The Kier molecular flexibility index (Phi) is 3.90. The van der Waals surface area contributed by atoms with Gasteiger partial charge in [0.15, 0.2) is 6.17 Å². The van der Waals surface area contributed by atoms with E-state index >= 15 is 0 Å². The van der Waals surface area contributed by atoms with E-state index < -0.39 is 35.2 Å².